The summed E-state index contributed by atoms with van der Waals surface area (Å²) < 4.78 is 0. The monoisotopic (exact) mass is 249 g/mol. The second kappa shape index (κ2) is 6.74. The van der Waals surface area contributed by atoms with Gasteiger partial charge >= 0.3 is 0 Å². The second-order valence-corrected chi connectivity index (χ2v) is 4.09. The van der Waals surface area contributed by atoms with E-state index in [1.54, 1.807) is 11.0 Å². The number of amides is 2. The molecule has 0 saturated heterocycles. The highest BCUT2D eigenvalue weighted by molar-refractivity contribution is 5.95. The van der Waals surface area contributed by atoms with Crippen LogP contribution in [0.15, 0.2) is 18.3 Å². The van der Waals surface area contributed by atoms with Crippen LogP contribution in [0.4, 0.5) is 0 Å². The van der Waals surface area contributed by atoms with Gasteiger partial charge in [-0.15, -0.1) is 0 Å². The number of pyridine rings is 1. The summed E-state index contributed by atoms with van der Waals surface area (Å²) >= 11 is 0. The van der Waals surface area contributed by atoms with E-state index in [0.717, 1.165) is 25.9 Å². The van der Waals surface area contributed by atoms with Crippen LogP contribution in [0.25, 0.3) is 0 Å². The summed E-state index contributed by atoms with van der Waals surface area (Å²) in [5, 5.41) is 0. The molecule has 2 amide bonds. The van der Waals surface area contributed by atoms with Crippen molar-refractivity contribution in [1.29, 1.82) is 0 Å². The lowest BCUT2D eigenvalue weighted by Gasteiger charge is -2.21. The van der Waals surface area contributed by atoms with E-state index in [0.29, 0.717) is 5.56 Å². The number of carbonyl (C=O) groups is 2. The molecule has 0 aliphatic heterocycles. The summed E-state index contributed by atoms with van der Waals surface area (Å²) in [5.41, 5.74) is 5.76. The Kier molecular flexibility index (Phi) is 5.30. The lowest BCUT2D eigenvalue weighted by Crippen LogP contribution is -2.32. The third-order valence-electron chi connectivity index (χ3n) is 2.54. The number of nitrogens with zero attached hydrogens (tertiary/aromatic N) is 2. The Hall–Kier alpha value is -1.91. The van der Waals surface area contributed by atoms with Crippen molar-refractivity contribution in [3.05, 3.63) is 29.6 Å². The molecular formula is C13H19N3O2. The summed E-state index contributed by atoms with van der Waals surface area (Å²) in [4.78, 5) is 28.7. The van der Waals surface area contributed by atoms with E-state index in [9.17, 15) is 9.59 Å². The maximum atomic E-state index is 12.2. The number of aromatic nitrogens is 1. The Morgan fingerprint density at radius 3 is 2.22 bits per heavy atom. The Morgan fingerprint density at radius 2 is 1.83 bits per heavy atom. The number of rotatable bonds is 6. The predicted octanol–water partition coefficient (Wildman–Crippen LogP) is 1.44. The van der Waals surface area contributed by atoms with Crippen molar-refractivity contribution in [2.75, 3.05) is 13.1 Å². The van der Waals surface area contributed by atoms with Crippen LogP contribution in [0.2, 0.25) is 0 Å². The lowest BCUT2D eigenvalue weighted by atomic mass is 10.2. The van der Waals surface area contributed by atoms with Crippen LogP contribution in [0.5, 0.6) is 0 Å². The summed E-state index contributed by atoms with van der Waals surface area (Å²) in [7, 11) is 0. The molecular weight excluding hydrogens is 230 g/mol. The summed E-state index contributed by atoms with van der Waals surface area (Å²) in [6.45, 7) is 5.52. The minimum absolute atomic E-state index is 0.0535. The van der Waals surface area contributed by atoms with Crippen LogP contribution in [-0.2, 0) is 0 Å². The SMILES string of the molecule is CCCN(CCC)C(=O)c1ccc(C(N)=O)nc1. The zero-order chi connectivity index (χ0) is 13.5. The van der Waals surface area contributed by atoms with Crippen molar-refractivity contribution in [3.8, 4) is 0 Å². The van der Waals surface area contributed by atoms with Crippen LogP contribution in [0, 0.1) is 0 Å². The zero-order valence-electron chi connectivity index (χ0n) is 10.8. The minimum Gasteiger partial charge on any atom is -0.364 e. The van der Waals surface area contributed by atoms with Gasteiger partial charge in [-0.2, -0.15) is 0 Å². The van der Waals surface area contributed by atoms with Gasteiger partial charge in [-0.3, -0.25) is 14.6 Å². The van der Waals surface area contributed by atoms with Gasteiger partial charge in [0.25, 0.3) is 11.8 Å². The fraction of sp³-hybridized carbons (Fsp3) is 0.462. The summed E-state index contributed by atoms with van der Waals surface area (Å²) in [6.07, 6.45) is 3.23. The fourth-order valence-electron chi connectivity index (χ4n) is 1.70. The summed E-state index contributed by atoms with van der Waals surface area (Å²) in [6, 6.07) is 3.07. The molecule has 98 valence electrons. The molecule has 0 unspecified atom stereocenters. The van der Waals surface area contributed by atoms with E-state index in [1.807, 2.05) is 13.8 Å². The third-order valence-corrected chi connectivity index (χ3v) is 2.54. The first kappa shape index (κ1) is 14.2. The molecule has 0 aliphatic carbocycles. The zero-order valence-corrected chi connectivity index (χ0v) is 10.8. The van der Waals surface area contributed by atoms with Crippen LogP contribution in [0.1, 0.15) is 47.5 Å². The van der Waals surface area contributed by atoms with E-state index >= 15 is 0 Å². The van der Waals surface area contributed by atoms with Crippen molar-refractivity contribution in [1.82, 2.24) is 9.88 Å². The van der Waals surface area contributed by atoms with Gasteiger partial charge in [0.15, 0.2) is 0 Å². The highest BCUT2D eigenvalue weighted by atomic mass is 16.2. The molecule has 1 heterocycles. The quantitative estimate of drug-likeness (QED) is 0.828. The van der Waals surface area contributed by atoms with Crippen molar-refractivity contribution in [2.45, 2.75) is 26.7 Å². The standard InChI is InChI=1S/C13H19N3O2/c1-3-7-16(8-4-2)13(18)10-5-6-11(12(14)17)15-9-10/h5-6,9H,3-4,7-8H2,1-2H3,(H2,14,17). The van der Waals surface area contributed by atoms with E-state index in [2.05, 4.69) is 4.98 Å². The van der Waals surface area contributed by atoms with Gasteiger partial charge < -0.3 is 10.6 Å². The molecule has 0 saturated carbocycles. The fourth-order valence-corrected chi connectivity index (χ4v) is 1.70. The number of primary amides is 1. The molecule has 1 rings (SSSR count). The lowest BCUT2D eigenvalue weighted by molar-refractivity contribution is 0.0754. The summed E-state index contributed by atoms with van der Waals surface area (Å²) in [5.74, 6) is -0.643. The average Bonchev–Trinajstić information content (AvgIpc) is 2.38. The maximum Gasteiger partial charge on any atom is 0.267 e. The molecule has 1 aromatic rings. The van der Waals surface area contributed by atoms with Gasteiger partial charge in [0.2, 0.25) is 0 Å². The first-order valence-electron chi connectivity index (χ1n) is 6.15. The Balaban J connectivity index is 2.84. The molecule has 2 N–H and O–H groups in total. The Morgan fingerprint density at radius 1 is 1.22 bits per heavy atom. The van der Waals surface area contributed by atoms with Gasteiger partial charge in [0.05, 0.1) is 5.56 Å². The normalized spacial score (nSPS) is 10.1. The van der Waals surface area contributed by atoms with Gasteiger partial charge in [-0.1, -0.05) is 13.8 Å². The smallest absolute Gasteiger partial charge is 0.267 e. The van der Waals surface area contributed by atoms with Gasteiger partial charge in [-0.05, 0) is 25.0 Å². The molecule has 0 aromatic carbocycles. The average molecular weight is 249 g/mol. The van der Waals surface area contributed by atoms with Crippen molar-refractivity contribution in [2.24, 2.45) is 5.73 Å². The first-order valence-corrected chi connectivity index (χ1v) is 6.15. The number of carbonyl (C=O) groups excluding carboxylic acids is 2. The van der Waals surface area contributed by atoms with Crippen molar-refractivity contribution in [3.63, 3.8) is 0 Å². The minimum atomic E-state index is -0.590. The molecule has 5 heteroatoms. The second-order valence-electron chi connectivity index (χ2n) is 4.09. The highest BCUT2D eigenvalue weighted by Crippen LogP contribution is 2.06. The topological polar surface area (TPSA) is 76.3 Å². The van der Waals surface area contributed by atoms with E-state index in [1.165, 1.54) is 12.3 Å². The molecule has 0 bridgehead atoms. The molecule has 0 aliphatic rings. The Labute approximate surface area is 107 Å². The molecule has 0 fully saturated rings. The molecule has 0 radical (unpaired) electrons. The van der Waals surface area contributed by atoms with Gasteiger partial charge in [0.1, 0.15) is 5.69 Å². The number of nitrogens with two attached hydrogens (primary N) is 1. The van der Waals surface area contributed by atoms with Crippen LogP contribution in [-0.4, -0.2) is 34.8 Å². The number of hydrogen-bond donors (Lipinski definition) is 1. The third kappa shape index (κ3) is 3.55. The molecule has 5 nitrogen and oxygen atoms in total. The van der Waals surface area contributed by atoms with Crippen LogP contribution in [0.3, 0.4) is 0 Å². The molecule has 18 heavy (non-hydrogen) atoms. The molecule has 0 atom stereocenters. The number of hydrogen-bond acceptors (Lipinski definition) is 3. The molecule has 1 aromatic heterocycles. The van der Waals surface area contributed by atoms with E-state index in [-0.39, 0.29) is 11.6 Å². The highest BCUT2D eigenvalue weighted by Gasteiger charge is 2.14. The Bertz CT molecular complexity index is 409. The van der Waals surface area contributed by atoms with Crippen molar-refractivity contribution < 1.29 is 9.59 Å². The molecule has 0 spiro atoms. The van der Waals surface area contributed by atoms with Gasteiger partial charge in [0, 0.05) is 19.3 Å². The van der Waals surface area contributed by atoms with Crippen molar-refractivity contribution >= 4 is 11.8 Å². The first-order chi connectivity index (χ1) is 8.60. The van der Waals surface area contributed by atoms with Crippen LogP contribution < -0.4 is 5.73 Å². The van der Waals surface area contributed by atoms with E-state index < -0.39 is 5.91 Å². The van der Waals surface area contributed by atoms with Gasteiger partial charge in [-0.25, -0.2) is 0 Å². The van der Waals surface area contributed by atoms with Crippen LogP contribution >= 0.6 is 0 Å². The van der Waals surface area contributed by atoms with E-state index in [4.69, 9.17) is 5.73 Å². The maximum absolute atomic E-state index is 12.2. The largest absolute Gasteiger partial charge is 0.364 e. The predicted molar refractivity (Wildman–Crippen MR) is 69.2 cm³/mol.